The van der Waals surface area contributed by atoms with Gasteiger partial charge in [0.1, 0.15) is 5.75 Å². The van der Waals surface area contributed by atoms with Crippen molar-refractivity contribution in [1.82, 2.24) is 0 Å². The van der Waals surface area contributed by atoms with E-state index in [0.717, 1.165) is 12.8 Å². The Bertz CT molecular complexity index is 524. The van der Waals surface area contributed by atoms with E-state index in [2.05, 4.69) is 13.8 Å². The molecule has 1 aromatic rings. The minimum atomic E-state index is -3.23. The first kappa shape index (κ1) is 17.0. The molecule has 0 fully saturated rings. The summed E-state index contributed by atoms with van der Waals surface area (Å²) in [6.45, 7) is 4.82. The summed E-state index contributed by atoms with van der Waals surface area (Å²) in [5, 5.41) is 0. The highest BCUT2D eigenvalue weighted by Crippen LogP contribution is 2.23. The zero-order chi connectivity index (χ0) is 15.2. The van der Waals surface area contributed by atoms with E-state index in [1.807, 2.05) is 0 Å². The van der Waals surface area contributed by atoms with Crippen LogP contribution in [0.4, 0.5) is 0 Å². The molecule has 0 aliphatic heterocycles. The summed E-state index contributed by atoms with van der Waals surface area (Å²) in [4.78, 5) is 0.329. The van der Waals surface area contributed by atoms with Crippen molar-refractivity contribution in [3.63, 3.8) is 0 Å². The number of unbranched alkanes of at least 4 members (excludes halogenated alkanes) is 1. The second-order valence-corrected chi connectivity index (χ2v) is 7.93. The van der Waals surface area contributed by atoms with Gasteiger partial charge in [-0.05, 0) is 43.0 Å². The van der Waals surface area contributed by atoms with Gasteiger partial charge in [0.15, 0.2) is 9.84 Å². The lowest BCUT2D eigenvalue weighted by Crippen LogP contribution is -2.23. The molecule has 0 saturated heterocycles. The molecule has 0 bridgehead atoms. The van der Waals surface area contributed by atoms with Gasteiger partial charge in [0, 0.05) is 0 Å². The molecule has 0 unspecified atom stereocenters. The first-order chi connectivity index (χ1) is 9.30. The third kappa shape index (κ3) is 5.13. The predicted molar refractivity (Wildman–Crippen MR) is 81.7 cm³/mol. The predicted octanol–water partition coefficient (Wildman–Crippen LogP) is 2.62. The van der Waals surface area contributed by atoms with Crippen molar-refractivity contribution in [2.75, 3.05) is 19.4 Å². The van der Waals surface area contributed by atoms with Crippen LogP contribution < -0.4 is 10.5 Å². The van der Waals surface area contributed by atoms with Crippen molar-refractivity contribution in [3.8, 4) is 5.75 Å². The highest BCUT2D eigenvalue weighted by molar-refractivity contribution is 7.91. The fourth-order valence-electron chi connectivity index (χ4n) is 1.91. The monoisotopic (exact) mass is 299 g/mol. The summed E-state index contributed by atoms with van der Waals surface area (Å²) >= 11 is 0. The number of hydrogen-bond acceptors (Lipinski definition) is 4. The third-order valence-electron chi connectivity index (χ3n) is 3.47. The van der Waals surface area contributed by atoms with E-state index >= 15 is 0 Å². The Balaban J connectivity index is 2.58. The molecule has 5 heteroatoms. The van der Waals surface area contributed by atoms with Crippen molar-refractivity contribution in [2.24, 2.45) is 11.1 Å². The molecule has 20 heavy (non-hydrogen) atoms. The minimum absolute atomic E-state index is 0.0831. The molecule has 2 N–H and O–H groups in total. The van der Waals surface area contributed by atoms with E-state index in [0.29, 0.717) is 23.6 Å². The second-order valence-electron chi connectivity index (χ2n) is 5.82. The van der Waals surface area contributed by atoms with Gasteiger partial charge >= 0.3 is 0 Å². The quantitative estimate of drug-likeness (QED) is 0.749. The molecular weight excluding hydrogens is 274 g/mol. The highest BCUT2D eigenvalue weighted by Gasteiger charge is 2.18. The molecule has 0 spiro atoms. The van der Waals surface area contributed by atoms with E-state index in [9.17, 15) is 8.42 Å². The Hall–Kier alpha value is -1.07. The SMILES string of the molecule is COc1cccc(S(=O)(=O)CCCCC(C)(C)CN)c1. The number of methoxy groups -OCH3 is 1. The van der Waals surface area contributed by atoms with Gasteiger partial charge in [0.2, 0.25) is 0 Å². The maximum absolute atomic E-state index is 12.2. The molecule has 0 heterocycles. The summed E-state index contributed by atoms with van der Waals surface area (Å²) in [7, 11) is -1.70. The maximum Gasteiger partial charge on any atom is 0.178 e. The molecule has 114 valence electrons. The molecule has 0 radical (unpaired) electrons. The van der Waals surface area contributed by atoms with Crippen LogP contribution in [0.1, 0.15) is 33.1 Å². The van der Waals surface area contributed by atoms with Crippen LogP contribution in [0.5, 0.6) is 5.75 Å². The molecule has 0 amide bonds. The van der Waals surface area contributed by atoms with Crippen molar-refractivity contribution in [2.45, 2.75) is 38.0 Å². The topological polar surface area (TPSA) is 69.4 Å². The van der Waals surface area contributed by atoms with Gasteiger partial charge < -0.3 is 10.5 Å². The molecule has 0 saturated carbocycles. The van der Waals surface area contributed by atoms with Gasteiger partial charge in [-0.2, -0.15) is 0 Å². The van der Waals surface area contributed by atoms with Crippen LogP contribution in [0.15, 0.2) is 29.2 Å². The number of sulfone groups is 1. The lowest BCUT2D eigenvalue weighted by atomic mass is 9.88. The average Bonchev–Trinajstić information content (AvgIpc) is 2.44. The van der Waals surface area contributed by atoms with Crippen LogP contribution in [0.2, 0.25) is 0 Å². The number of nitrogens with two attached hydrogens (primary N) is 1. The van der Waals surface area contributed by atoms with Gasteiger partial charge in [-0.1, -0.05) is 26.3 Å². The normalized spacial score (nSPS) is 12.4. The van der Waals surface area contributed by atoms with Gasteiger partial charge in [-0.3, -0.25) is 0 Å². The Morgan fingerprint density at radius 3 is 2.55 bits per heavy atom. The summed E-state index contributed by atoms with van der Waals surface area (Å²) in [5.41, 5.74) is 5.75. The molecule has 4 nitrogen and oxygen atoms in total. The largest absolute Gasteiger partial charge is 0.497 e. The van der Waals surface area contributed by atoms with Crippen LogP contribution in [0.3, 0.4) is 0 Å². The second kappa shape index (κ2) is 7.09. The first-order valence-corrected chi connectivity index (χ1v) is 8.53. The van der Waals surface area contributed by atoms with Gasteiger partial charge in [0.25, 0.3) is 0 Å². The summed E-state index contributed by atoms with van der Waals surface area (Å²) in [5.74, 6) is 0.733. The lowest BCUT2D eigenvalue weighted by molar-refractivity contribution is 0.335. The fourth-order valence-corrected chi connectivity index (χ4v) is 3.31. The molecule has 0 aliphatic carbocycles. The van der Waals surface area contributed by atoms with E-state index in [1.165, 1.54) is 7.11 Å². The smallest absolute Gasteiger partial charge is 0.178 e. The van der Waals surface area contributed by atoms with Gasteiger partial charge in [-0.15, -0.1) is 0 Å². The van der Waals surface area contributed by atoms with E-state index in [4.69, 9.17) is 10.5 Å². The van der Waals surface area contributed by atoms with Crippen molar-refractivity contribution in [1.29, 1.82) is 0 Å². The van der Waals surface area contributed by atoms with Crippen molar-refractivity contribution in [3.05, 3.63) is 24.3 Å². The van der Waals surface area contributed by atoms with Crippen LogP contribution in [0, 0.1) is 5.41 Å². The van der Waals surface area contributed by atoms with E-state index in [1.54, 1.807) is 24.3 Å². The summed E-state index contributed by atoms with van der Waals surface area (Å²) < 4.78 is 29.5. The molecule has 0 atom stereocenters. The number of ether oxygens (including phenoxy) is 1. The maximum atomic E-state index is 12.2. The Morgan fingerprint density at radius 1 is 1.25 bits per heavy atom. The number of hydrogen-bond donors (Lipinski definition) is 1. The molecule has 1 rings (SSSR count). The van der Waals surface area contributed by atoms with E-state index in [-0.39, 0.29) is 11.2 Å². The zero-order valence-electron chi connectivity index (χ0n) is 12.6. The van der Waals surface area contributed by atoms with Crippen LogP contribution in [0.25, 0.3) is 0 Å². The summed E-state index contributed by atoms with van der Waals surface area (Å²) in [6, 6.07) is 6.62. The fraction of sp³-hybridized carbons (Fsp3) is 0.600. The van der Waals surface area contributed by atoms with Crippen LogP contribution in [-0.4, -0.2) is 27.8 Å². The Kier molecular flexibility index (Phi) is 6.02. The lowest BCUT2D eigenvalue weighted by Gasteiger charge is -2.21. The van der Waals surface area contributed by atoms with Crippen LogP contribution in [-0.2, 0) is 9.84 Å². The minimum Gasteiger partial charge on any atom is -0.497 e. The number of benzene rings is 1. The third-order valence-corrected chi connectivity index (χ3v) is 5.27. The molecule has 0 aromatic heterocycles. The van der Waals surface area contributed by atoms with Crippen molar-refractivity contribution >= 4 is 9.84 Å². The zero-order valence-corrected chi connectivity index (χ0v) is 13.4. The summed E-state index contributed by atoms with van der Waals surface area (Å²) in [6.07, 6.45) is 2.47. The standard InChI is InChI=1S/C15H25NO3S/c1-15(2,12-16)9-4-5-10-20(17,18)14-8-6-7-13(11-14)19-3/h6-8,11H,4-5,9-10,12,16H2,1-3H3. The first-order valence-electron chi connectivity index (χ1n) is 6.88. The number of rotatable bonds is 8. The van der Waals surface area contributed by atoms with E-state index < -0.39 is 9.84 Å². The average molecular weight is 299 g/mol. The Morgan fingerprint density at radius 2 is 1.95 bits per heavy atom. The molecule has 1 aromatic carbocycles. The Labute approximate surface area is 122 Å². The molecular formula is C15H25NO3S. The van der Waals surface area contributed by atoms with Gasteiger partial charge in [0.05, 0.1) is 17.8 Å². The highest BCUT2D eigenvalue weighted by atomic mass is 32.2. The van der Waals surface area contributed by atoms with Crippen LogP contribution >= 0.6 is 0 Å². The van der Waals surface area contributed by atoms with Gasteiger partial charge in [-0.25, -0.2) is 8.42 Å². The molecule has 0 aliphatic rings. The van der Waals surface area contributed by atoms with Crippen molar-refractivity contribution < 1.29 is 13.2 Å².